The number of carbonyl (C=O) groups excluding carboxylic acids is 2. The van der Waals surface area contributed by atoms with Crippen molar-refractivity contribution >= 4 is 35.3 Å². The molecular formula is C23H18FN3O2S. The fourth-order valence-electron chi connectivity index (χ4n) is 3.06. The highest BCUT2D eigenvalue weighted by atomic mass is 32.2. The summed E-state index contributed by atoms with van der Waals surface area (Å²) in [5, 5.41) is 2.85. The number of hydrogen-bond donors (Lipinski definition) is 1. The van der Waals surface area contributed by atoms with E-state index < -0.39 is 0 Å². The van der Waals surface area contributed by atoms with Gasteiger partial charge >= 0.3 is 0 Å². The van der Waals surface area contributed by atoms with Crippen molar-refractivity contribution < 1.29 is 14.0 Å². The molecule has 0 atom stereocenters. The van der Waals surface area contributed by atoms with E-state index in [1.54, 1.807) is 61.9 Å². The monoisotopic (exact) mass is 419 g/mol. The molecule has 0 spiro atoms. The van der Waals surface area contributed by atoms with Gasteiger partial charge in [-0.1, -0.05) is 36.0 Å². The van der Waals surface area contributed by atoms with Crippen molar-refractivity contribution in [1.82, 2.24) is 10.3 Å². The standard InChI is InChI=1S/C23H18FN3O2S/c1-27-19-11-17(22(28)26-14-15-5-4-10-25-13-15)8-9-20(19)30-21(23(27)29)12-16-6-2-3-7-18(16)24/h2-13H,14H2,1H3,(H,26,28). The second kappa shape index (κ2) is 8.51. The number of hydrogen-bond acceptors (Lipinski definition) is 4. The molecule has 1 N–H and O–H groups in total. The van der Waals surface area contributed by atoms with Crippen LogP contribution in [0.4, 0.5) is 10.1 Å². The first-order valence-electron chi connectivity index (χ1n) is 9.26. The quantitative estimate of drug-likeness (QED) is 0.642. The highest BCUT2D eigenvalue weighted by Gasteiger charge is 2.27. The molecule has 1 aliphatic heterocycles. The van der Waals surface area contributed by atoms with E-state index in [9.17, 15) is 14.0 Å². The minimum Gasteiger partial charge on any atom is -0.348 e. The van der Waals surface area contributed by atoms with Crippen molar-refractivity contribution in [3.63, 3.8) is 0 Å². The molecule has 4 rings (SSSR count). The molecule has 0 saturated carbocycles. The van der Waals surface area contributed by atoms with Crippen LogP contribution in [0.25, 0.3) is 6.08 Å². The predicted octanol–water partition coefficient (Wildman–Crippen LogP) is 4.26. The minimum atomic E-state index is -0.382. The largest absolute Gasteiger partial charge is 0.348 e. The van der Waals surface area contributed by atoms with Crippen molar-refractivity contribution in [2.45, 2.75) is 11.4 Å². The molecule has 30 heavy (non-hydrogen) atoms. The first kappa shape index (κ1) is 19.8. The maximum absolute atomic E-state index is 14.0. The fourth-order valence-corrected chi connectivity index (χ4v) is 4.14. The lowest BCUT2D eigenvalue weighted by Gasteiger charge is -2.27. The molecule has 0 bridgehead atoms. The number of aromatic nitrogens is 1. The average molecular weight is 419 g/mol. The van der Waals surface area contributed by atoms with E-state index in [0.29, 0.717) is 28.3 Å². The van der Waals surface area contributed by atoms with E-state index in [1.807, 2.05) is 12.1 Å². The third kappa shape index (κ3) is 4.11. The highest BCUT2D eigenvalue weighted by molar-refractivity contribution is 8.04. The number of thioether (sulfide) groups is 1. The first-order valence-corrected chi connectivity index (χ1v) is 10.1. The van der Waals surface area contributed by atoms with Gasteiger partial charge in [0, 0.05) is 42.0 Å². The van der Waals surface area contributed by atoms with E-state index in [0.717, 1.165) is 10.5 Å². The van der Waals surface area contributed by atoms with Crippen LogP contribution in [-0.2, 0) is 11.3 Å². The van der Waals surface area contributed by atoms with Crippen molar-refractivity contribution in [3.05, 3.63) is 94.4 Å². The Morgan fingerprint density at radius 1 is 1.20 bits per heavy atom. The van der Waals surface area contributed by atoms with Crippen LogP contribution in [0.1, 0.15) is 21.5 Å². The van der Waals surface area contributed by atoms with Crippen LogP contribution in [0.3, 0.4) is 0 Å². The maximum Gasteiger partial charge on any atom is 0.264 e. The average Bonchev–Trinajstić information content (AvgIpc) is 2.77. The summed E-state index contributed by atoms with van der Waals surface area (Å²) in [5.74, 6) is -0.864. The number of nitrogens with zero attached hydrogens (tertiary/aromatic N) is 2. The Morgan fingerprint density at radius 3 is 2.80 bits per heavy atom. The van der Waals surface area contributed by atoms with Crippen molar-refractivity contribution in [3.8, 4) is 0 Å². The number of fused-ring (bicyclic) bond motifs is 1. The highest BCUT2D eigenvalue weighted by Crippen LogP contribution is 2.42. The Morgan fingerprint density at radius 2 is 2.03 bits per heavy atom. The summed E-state index contributed by atoms with van der Waals surface area (Å²) in [6.07, 6.45) is 4.92. The van der Waals surface area contributed by atoms with Crippen molar-refractivity contribution in [1.29, 1.82) is 0 Å². The van der Waals surface area contributed by atoms with Crippen LogP contribution in [0.5, 0.6) is 0 Å². The van der Waals surface area contributed by atoms with Crippen LogP contribution in [-0.4, -0.2) is 23.8 Å². The molecule has 0 fully saturated rings. The van der Waals surface area contributed by atoms with Gasteiger partial charge in [-0.05, 0) is 42.0 Å². The molecule has 7 heteroatoms. The Balaban J connectivity index is 1.55. The van der Waals surface area contributed by atoms with Crippen LogP contribution in [0.15, 0.2) is 76.8 Å². The normalized spacial score (nSPS) is 14.5. The zero-order valence-corrected chi connectivity index (χ0v) is 16.9. The molecule has 1 aromatic heterocycles. The zero-order chi connectivity index (χ0) is 21.1. The van der Waals surface area contributed by atoms with Crippen LogP contribution >= 0.6 is 11.8 Å². The lowest BCUT2D eigenvalue weighted by atomic mass is 10.1. The van der Waals surface area contributed by atoms with Crippen molar-refractivity contribution in [2.75, 3.05) is 11.9 Å². The number of pyridine rings is 1. The molecule has 0 radical (unpaired) electrons. The van der Waals surface area contributed by atoms with Gasteiger partial charge in [-0.3, -0.25) is 14.6 Å². The van der Waals surface area contributed by atoms with Crippen LogP contribution in [0.2, 0.25) is 0 Å². The molecule has 150 valence electrons. The molecule has 2 amide bonds. The second-order valence-corrected chi connectivity index (χ2v) is 7.81. The van der Waals surface area contributed by atoms with Gasteiger partial charge in [0.15, 0.2) is 0 Å². The molecule has 2 aromatic carbocycles. The summed E-state index contributed by atoms with van der Waals surface area (Å²) in [4.78, 5) is 32.1. The lowest BCUT2D eigenvalue weighted by molar-refractivity contribution is -0.114. The van der Waals surface area contributed by atoms with E-state index in [1.165, 1.54) is 22.7 Å². The molecule has 2 heterocycles. The summed E-state index contributed by atoms with van der Waals surface area (Å²) in [7, 11) is 1.65. The van der Waals surface area contributed by atoms with Gasteiger partial charge in [0.1, 0.15) is 5.82 Å². The van der Waals surface area contributed by atoms with Gasteiger partial charge in [-0.25, -0.2) is 4.39 Å². The molecule has 1 aliphatic rings. The number of nitrogens with one attached hydrogen (secondary N) is 1. The number of benzene rings is 2. The predicted molar refractivity (Wildman–Crippen MR) is 115 cm³/mol. The smallest absolute Gasteiger partial charge is 0.264 e. The lowest BCUT2D eigenvalue weighted by Crippen LogP contribution is -2.31. The zero-order valence-electron chi connectivity index (χ0n) is 16.1. The molecule has 0 unspecified atom stereocenters. The summed E-state index contributed by atoms with van der Waals surface area (Å²) in [6, 6.07) is 15.2. The molecule has 0 saturated heterocycles. The number of rotatable bonds is 4. The number of amides is 2. The van der Waals surface area contributed by atoms with Gasteiger partial charge in [0.25, 0.3) is 11.8 Å². The maximum atomic E-state index is 14.0. The van der Waals surface area contributed by atoms with Crippen LogP contribution < -0.4 is 10.2 Å². The van der Waals surface area contributed by atoms with E-state index in [4.69, 9.17) is 0 Å². The third-order valence-corrected chi connectivity index (χ3v) is 5.76. The summed E-state index contributed by atoms with van der Waals surface area (Å²) >= 11 is 1.27. The Hall–Kier alpha value is -3.45. The summed E-state index contributed by atoms with van der Waals surface area (Å²) in [5.41, 5.74) is 2.36. The Labute approximate surface area is 177 Å². The van der Waals surface area contributed by atoms with E-state index in [2.05, 4.69) is 10.3 Å². The molecule has 5 nitrogen and oxygen atoms in total. The molecule has 3 aromatic rings. The Kier molecular flexibility index (Phi) is 5.63. The number of halogens is 1. The van der Waals surface area contributed by atoms with Gasteiger partial charge < -0.3 is 10.2 Å². The molecule has 0 aliphatic carbocycles. The van der Waals surface area contributed by atoms with Gasteiger partial charge in [0.05, 0.1) is 10.6 Å². The fraction of sp³-hybridized carbons (Fsp3) is 0.0870. The molecular weight excluding hydrogens is 401 g/mol. The summed E-state index contributed by atoms with van der Waals surface area (Å²) in [6.45, 7) is 0.364. The third-order valence-electron chi connectivity index (χ3n) is 4.69. The Bertz CT molecular complexity index is 1150. The van der Waals surface area contributed by atoms with Crippen LogP contribution in [0, 0.1) is 5.82 Å². The van der Waals surface area contributed by atoms with Crippen molar-refractivity contribution in [2.24, 2.45) is 0 Å². The SMILES string of the molecule is CN1C(=O)C(=Cc2ccccc2F)Sc2ccc(C(=O)NCc3cccnc3)cc21. The number of likely N-dealkylation sites (N-methyl/N-ethyl adjacent to an activating group) is 1. The van der Waals surface area contributed by atoms with E-state index in [-0.39, 0.29) is 17.6 Å². The number of anilines is 1. The first-order chi connectivity index (χ1) is 14.5. The second-order valence-electron chi connectivity index (χ2n) is 6.72. The number of carbonyl (C=O) groups is 2. The topological polar surface area (TPSA) is 62.3 Å². The van der Waals surface area contributed by atoms with Gasteiger partial charge in [0.2, 0.25) is 0 Å². The van der Waals surface area contributed by atoms with Gasteiger partial charge in [-0.2, -0.15) is 0 Å². The summed E-state index contributed by atoms with van der Waals surface area (Å²) < 4.78 is 14.0. The minimum absolute atomic E-state index is 0.236. The van der Waals surface area contributed by atoms with Gasteiger partial charge in [-0.15, -0.1) is 0 Å². The van der Waals surface area contributed by atoms with E-state index >= 15 is 0 Å².